The van der Waals surface area contributed by atoms with Crippen molar-refractivity contribution >= 4 is 39.7 Å². The molecule has 1 N–H and O–H groups in total. The molecule has 0 bridgehead atoms. The molecule has 0 saturated carbocycles. The van der Waals surface area contributed by atoms with Crippen molar-refractivity contribution in [1.29, 1.82) is 0 Å². The van der Waals surface area contributed by atoms with Crippen LogP contribution < -0.4 is 19.7 Å². The molecule has 0 spiro atoms. The predicted molar refractivity (Wildman–Crippen MR) is 154 cm³/mol. The molecular weight excluding hydrogens is 510 g/mol. The highest BCUT2D eigenvalue weighted by molar-refractivity contribution is 5.95. The van der Waals surface area contributed by atoms with E-state index < -0.39 is 5.82 Å². The second kappa shape index (κ2) is 10.6. The Kier molecular flexibility index (Phi) is 6.74. The third-order valence-electron chi connectivity index (χ3n) is 6.91. The molecule has 3 aromatic carbocycles. The van der Waals surface area contributed by atoms with Crippen LogP contribution in [0.15, 0.2) is 85.2 Å². The van der Waals surface area contributed by atoms with Gasteiger partial charge in [0, 0.05) is 59.9 Å². The molecule has 0 aliphatic carbocycles. The lowest BCUT2D eigenvalue weighted by Gasteiger charge is -2.31. The number of ether oxygens (including phenoxy) is 2. The maximum atomic E-state index is 15.3. The van der Waals surface area contributed by atoms with Crippen LogP contribution in [0.4, 0.5) is 26.0 Å². The molecular formula is C32H26F2N4O2. The van der Waals surface area contributed by atoms with Crippen LogP contribution in [0.2, 0.25) is 0 Å². The third kappa shape index (κ3) is 4.91. The lowest BCUT2D eigenvalue weighted by atomic mass is 9.97. The summed E-state index contributed by atoms with van der Waals surface area (Å²) >= 11 is 0. The smallest absolute Gasteiger partial charge is 0.167 e. The molecule has 0 unspecified atom stereocenters. The highest BCUT2D eigenvalue weighted by Gasteiger charge is 2.21. The first kappa shape index (κ1) is 25.3. The average molecular weight is 537 g/mol. The summed E-state index contributed by atoms with van der Waals surface area (Å²) in [6, 6.07) is 20.3. The number of halogens is 2. The molecule has 40 heavy (non-hydrogen) atoms. The Hall–Kier alpha value is -4.98. The molecule has 3 heterocycles. The number of likely N-dealkylation sites (N-methyl/N-ethyl adjacent to an activating group) is 1. The van der Waals surface area contributed by atoms with E-state index in [-0.39, 0.29) is 11.6 Å². The second-order valence-corrected chi connectivity index (χ2v) is 9.35. The van der Waals surface area contributed by atoms with Crippen LogP contribution >= 0.6 is 0 Å². The Morgan fingerprint density at radius 3 is 2.50 bits per heavy atom. The minimum Gasteiger partial charge on any atom is -0.497 e. The van der Waals surface area contributed by atoms with Crippen molar-refractivity contribution in [2.75, 3.05) is 30.4 Å². The van der Waals surface area contributed by atoms with Crippen molar-refractivity contribution in [2.24, 2.45) is 0 Å². The van der Waals surface area contributed by atoms with Gasteiger partial charge < -0.3 is 19.7 Å². The molecule has 200 valence electrons. The van der Waals surface area contributed by atoms with Crippen molar-refractivity contribution in [1.82, 2.24) is 9.97 Å². The van der Waals surface area contributed by atoms with E-state index >= 15 is 4.39 Å². The van der Waals surface area contributed by atoms with E-state index in [0.29, 0.717) is 35.1 Å². The number of benzene rings is 3. The number of methoxy groups -OCH3 is 1. The van der Waals surface area contributed by atoms with Crippen LogP contribution in [0.5, 0.6) is 17.2 Å². The van der Waals surface area contributed by atoms with Crippen LogP contribution in [-0.4, -0.2) is 30.2 Å². The summed E-state index contributed by atoms with van der Waals surface area (Å²) in [7, 11) is 1.59. The van der Waals surface area contributed by atoms with E-state index in [9.17, 15) is 4.39 Å². The summed E-state index contributed by atoms with van der Waals surface area (Å²) in [6.07, 6.45) is 5.40. The first-order chi connectivity index (χ1) is 19.5. The van der Waals surface area contributed by atoms with Gasteiger partial charge in [-0.3, -0.25) is 4.98 Å². The molecule has 0 fully saturated rings. The zero-order valence-electron chi connectivity index (χ0n) is 22.0. The van der Waals surface area contributed by atoms with Crippen LogP contribution in [0, 0.1) is 11.6 Å². The number of rotatable bonds is 7. The number of nitrogens with zero attached hydrogens (tertiary/aromatic N) is 3. The standard InChI is InChI=1S/C32H26F2N4O2/c1-3-38-19-21(20-4-6-22(33)7-5-20)16-26-29(38)12-14-36-32(26)37-23-8-11-31(27(34)17-23)40-30-13-15-35-28-18-24(39-2)9-10-25(28)30/h4-18H,3,19H2,1-2H3,(H,36,37). The van der Waals surface area contributed by atoms with Gasteiger partial charge in [0.25, 0.3) is 0 Å². The van der Waals surface area contributed by atoms with Crippen molar-refractivity contribution in [2.45, 2.75) is 6.92 Å². The number of nitrogens with one attached hydrogen (secondary N) is 1. The monoisotopic (exact) mass is 536 g/mol. The molecule has 6 rings (SSSR count). The molecule has 1 aliphatic rings. The average Bonchev–Trinajstić information content (AvgIpc) is 2.98. The van der Waals surface area contributed by atoms with Crippen molar-refractivity contribution in [3.63, 3.8) is 0 Å². The maximum absolute atomic E-state index is 15.3. The summed E-state index contributed by atoms with van der Waals surface area (Å²) < 4.78 is 40.0. The van der Waals surface area contributed by atoms with E-state index in [2.05, 4.69) is 33.2 Å². The van der Waals surface area contributed by atoms with Gasteiger partial charge in [0.05, 0.1) is 12.6 Å². The number of hydrogen-bond acceptors (Lipinski definition) is 6. The minimum absolute atomic E-state index is 0.0903. The Labute approximate surface area is 230 Å². The van der Waals surface area contributed by atoms with Gasteiger partial charge >= 0.3 is 0 Å². The molecule has 6 nitrogen and oxygen atoms in total. The van der Waals surface area contributed by atoms with Crippen molar-refractivity contribution in [3.05, 3.63) is 108 Å². The molecule has 0 radical (unpaired) electrons. The highest BCUT2D eigenvalue weighted by Crippen LogP contribution is 2.38. The topological polar surface area (TPSA) is 59.5 Å². The molecule has 2 aromatic heterocycles. The van der Waals surface area contributed by atoms with Crippen LogP contribution in [-0.2, 0) is 0 Å². The molecule has 5 aromatic rings. The lowest BCUT2D eigenvalue weighted by Crippen LogP contribution is -2.28. The largest absolute Gasteiger partial charge is 0.497 e. The zero-order valence-corrected chi connectivity index (χ0v) is 22.0. The summed E-state index contributed by atoms with van der Waals surface area (Å²) in [4.78, 5) is 11.1. The van der Waals surface area contributed by atoms with Gasteiger partial charge in [0.2, 0.25) is 0 Å². The third-order valence-corrected chi connectivity index (χ3v) is 6.91. The summed E-state index contributed by atoms with van der Waals surface area (Å²) in [5.74, 6) is 1.06. The molecule has 1 aliphatic heterocycles. The molecule has 0 saturated heterocycles. The lowest BCUT2D eigenvalue weighted by molar-refractivity contribution is 0.415. The van der Waals surface area contributed by atoms with Crippen molar-refractivity contribution < 1.29 is 18.3 Å². The summed E-state index contributed by atoms with van der Waals surface area (Å²) in [5.41, 5.74) is 5.10. The highest BCUT2D eigenvalue weighted by atomic mass is 19.1. The predicted octanol–water partition coefficient (Wildman–Crippen LogP) is 7.83. The second-order valence-electron chi connectivity index (χ2n) is 9.35. The normalized spacial score (nSPS) is 12.6. The van der Waals surface area contributed by atoms with E-state index in [4.69, 9.17) is 9.47 Å². The summed E-state index contributed by atoms with van der Waals surface area (Å²) in [6.45, 7) is 3.56. The number of anilines is 3. The van der Waals surface area contributed by atoms with E-state index in [1.807, 2.05) is 18.2 Å². The Bertz CT molecular complexity index is 1740. The van der Waals surface area contributed by atoms with Gasteiger partial charge in [-0.15, -0.1) is 0 Å². The van der Waals surface area contributed by atoms with Gasteiger partial charge in [0.1, 0.15) is 23.1 Å². The maximum Gasteiger partial charge on any atom is 0.167 e. The number of pyridine rings is 2. The Morgan fingerprint density at radius 1 is 0.900 bits per heavy atom. The van der Waals surface area contributed by atoms with Gasteiger partial charge in [0.15, 0.2) is 11.6 Å². The van der Waals surface area contributed by atoms with E-state index in [1.54, 1.807) is 55.9 Å². The van der Waals surface area contributed by atoms with E-state index in [1.165, 1.54) is 18.2 Å². The molecule has 0 amide bonds. The SMILES string of the molecule is CCN1CC(c2ccc(F)cc2)=Cc2c1ccnc2Nc1ccc(Oc2ccnc3cc(OC)ccc23)c(F)c1. The fraction of sp³-hybridized carbons (Fsp3) is 0.125. The van der Waals surface area contributed by atoms with Gasteiger partial charge in [-0.1, -0.05) is 12.1 Å². The minimum atomic E-state index is -0.522. The van der Waals surface area contributed by atoms with Gasteiger partial charge in [-0.2, -0.15) is 0 Å². The quantitative estimate of drug-likeness (QED) is 0.229. The molecule has 8 heteroatoms. The van der Waals surface area contributed by atoms with Crippen LogP contribution in [0.25, 0.3) is 22.6 Å². The van der Waals surface area contributed by atoms with E-state index in [0.717, 1.165) is 34.3 Å². The van der Waals surface area contributed by atoms with Crippen molar-refractivity contribution in [3.8, 4) is 17.2 Å². The number of fused-ring (bicyclic) bond motifs is 2. The van der Waals surface area contributed by atoms with Crippen LogP contribution in [0.3, 0.4) is 0 Å². The van der Waals surface area contributed by atoms with Crippen LogP contribution in [0.1, 0.15) is 18.1 Å². The first-order valence-corrected chi connectivity index (χ1v) is 12.9. The fourth-order valence-electron chi connectivity index (χ4n) is 4.85. The van der Waals surface area contributed by atoms with Gasteiger partial charge in [-0.25, -0.2) is 13.8 Å². The number of aromatic nitrogens is 2. The Morgan fingerprint density at radius 2 is 1.73 bits per heavy atom. The first-order valence-electron chi connectivity index (χ1n) is 12.9. The van der Waals surface area contributed by atoms with Gasteiger partial charge in [-0.05, 0) is 72.7 Å². The number of hydrogen-bond donors (Lipinski definition) is 1. The fourth-order valence-corrected chi connectivity index (χ4v) is 4.85. The summed E-state index contributed by atoms with van der Waals surface area (Å²) in [5, 5.41) is 4.01. The zero-order chi connectivity index (χ0) is 27.6. The molecule has 0 atom stereocenters. The Balaban J connectivity index is 1.29.